The van der Waals surface area contributed by atoms with Gasteiger partial charge in [-0.3, -0.25) is 14.8 Å². The molecule has 166 valence electrons. The maximum absolute atomic E-state index is 13.0. The molecule has 1 aliphatic heterocycles. The number of hydrogen-bond acceptors (Lipinski definition) is 6. The number of benzene rings is 1. The lowest BCUT2D eigenvalue weighted by molar-refractivity contribution is -0.137. The number of thiophene rings is 1. The van der Waals surface area contributed by atoms with Crippen molar-refractivity contribution in [1.82, 2.24) is 24.5 Å². The molecule has 0 spiro atoms. The molecule has 4 aromatic rings. The van der Waals surface area contributed by atoms with E-state index >= 15 is 0 Å². The Bertz CT molecular complexity index is 1290. The van der Waals surface area contributed by atoms with Gasteiger partial charge in [0, 0.05) is 44.5 Å². The number of halogens is 3. The van der Waals surface area contributed by atoms with Gasteiger partial charge < -0.3 is 4.90 Å². The first kappa shape index (κ1) is 20.7. The third-order valence-electron chi connectivity index (χ3n) is 5.43. The van der Waals surface area contributed by atoms with Gasteiger partial charge in [-0.05, 0) is 29.6 Å². The molecule has 1 saturated heterocycles. The Morgan fingerprint density at radius 2 is 1.84 bits per heavy atom. The van der Waals surface area contributed by atoms with Crippen molar-refractivity contribution in [3.05, 3.63) is 69.5 Å². The van der Waals surface area contributed by atoms with E-state index in [-0.39, 0.29) is 5.56 Å². The van der Waals surface area contributed by atoms with Crippen molar-refractivity contribution in [2.45, 2.75) is 12.7 Å². The zero-order valence-corrected chi connectivity index (χ0v) is 17.7. The van der Waals surface area contributed by atoms with Crippen molar-refractivity contribution in [2.75, 3.05) is 31.1 Å². The van der Waals surface area contributed by atoms with E-state index in [2.05, 4.69) is 20.0 Å². The number of alkyl halides is 3. The number of aromatic amines is 1. The summed E-state index contributed by atoms with van der Waals surface area (Å²) in [6.07, 6.45) is -4.36. The van der Waals surface area contributed by atoms with E-state index < -0.39 is 11.7 Å². The molecule has 0 amide bonds. The molecule has 11 heteroatoms. The van der Waals surface area contributed by atoms with Gasteiger partial charge >= 0.3 is 6.18 Å². The van der Waals surface area contributed by atoms with Crippen LogP contribution in [0.4, 0.5) is 18.9 Å². The van der Waals surface area contributed by atoms with Gasteiger partial charge in [-0.25, -0.2) is 4.98 Å². The first-order valence-electron chi connectivity index (χ1n) is 10.0. The molecular formula is C21H19F3N6OS. The van der Waals surface area contributed by atoms with Gasteiger partial charge in [0.25, 0.3) is 11.3 Å². The van der Waals surface area contributed by atoms with Gasteiger partial charge in [-0.2, -0.15) is 22.7 Å². The molecule has 0 saturated carbocycles. The Morgan fingerprint density at radius 3 is 2.56 bits per heavy atom. The summed E-state index contributed by atoms with van der Waals surface area (Å²) >= 11 is 1.52. The Balaban J connectivity index is 1.28. The molecular weight excluding hydrogens is 441 g/mol. The number of rotatable bonds is 4. The zero-order chi connectivity index (χ0) is 22.3. The molecule has 5 rings (SSSR count). The number of hydrogen-bond donors (Lipinski definition) is 1. The second-order valence-electron chi connectivity index (χ2n) is 7.58. The van der Waals surface area contributed by atoms with Crippen molar-refractivity contribution in [3.63, 3.8) is 0 Å². The second-order valence-corrected chi connectivity index (χ2v) is 8.53. The lowest BCUT2D eigenvalue weighted by Gasteiger charge is -2.36. The summed E-state index contributed by atoms with van der Waals surface area (Å²) in [4.78, 5) is 26.5. The summed E-state index contributed by atoms with van der Waals surface area (Å²) < 4.78 is 40.3. The number of anilines is 1. The predicted octanol–water partition coefficient (Wildman–Crippen LogP) is 3.49. The van der Waals surface area contributed by atoms with E-state index in [1.54, 1.807) is 6.07 Å². The Kier molecular flexibility index (Phi) is 5.22. The molecule has 0 radical (unpaired) electrons. The van der Waals surface area contributed by atoms with Crippen molar-refractivity contribution in [3.8, 4) is 10.7 Å². The predicted molar refractivity (Wildman–Crippen MR) is 116 cm³/mol. The molecule has 0 aliphatic carbocycles. The van der Waals surface area contributed by atoms with Crippen LogP contribution in [0, 0.1) is 0 Å². The average molecular weight is 460 g/mol. The molecule has 3 aromatic heterocycles. The molecule has 32 heavy (non-hydrogen) atoms. The van der Waals surface area contributed by atoms with Gasteiger partial charge in [-0.1, -0.05) is 12.1 Å². The van der Waals surface area contributed by atoms with Gasteiger partial charge in [0.05, 0.1) is 16.1 Å². The van der Waals surface area contributed by atoms with Crippen LogP contribution in [0.1, 0.15) is 11.3 Å². The van der Waals surface area contributed by atoms with Gasteiger partial charge in [0.2, 0.25) is 0 Å². The van der Waals surface area contributed by atoms with Crippen molar-refractivity contribution >= 4 is 22.8 Å². The topological polar surface area (TPSA) is 69.5 Å². The van der Waals surface area contributed by atoms with Crippen LogP contribution in [0.2, 0.25) is 0 Å². The van der Waals surface area contributed by atoms with E-state index in [0.29, 0.717) is 55.7 Å². The molecule has 0 unspecified atom stereocenters. The Hall–Kier alpha value is -3.18. The summed E-state index contributed by atoms with van der Waals surface area (Å²) in [7, 11) is 0. The monoisotopic (exact) mass is 460 g/mol. The third-order valence-corrected chi connectivity index (χ3v) is 6.31. The highest BCUT2D eigenvalue weighted by atomic mass is 32.1. The maximum atomic E-state index is 13.0. The number of aromatic nitrogens is 4. The minimum absolute atomic E-state index is 0.233. The Labute approximate surface area is 184 Å². The molecule has 7 nitrogen and oxygen atoms in total. The molecule has 0 atom stereocenters. The summed E-state index contributed by atoms with van der Waals surface area (Å²) in [5.41, 5.74) is 0.306. The summed E-state index contributed by atoms with van der Waals surface area (Å²) in [6, 6.07) is 10.7. The summed E-state index contributed by atoms with van der Waals surface area (Å²) in [6.45, 7) is 2.96. The van der Waals surface area contributed by atoms with Crippen LogP contribution < -0.4 is 10.5 Å². The fourth-order valence-corrected chi connectivity index (χ4v) is 4.47. The van der Waals surface area contributed by atoms with Crippen molar-refractivity contribution < 1.29 is 13.2 Å². The minimum atomic E-state index is -4.36. The average Bonchev–Trinajstić information content (AvgIpc) is 3.44. The Morgan fingerprint density at radius 1 is 1.03 bits per heavy atom. The first-order chi connectivity index (χ1) is 15.4. The molecule has 1 aromatic carbocycles. The highest BCUT2D eigenvalue weighted by Gasteiger charge is 2.31. The fourth-order valence-electron chi connectivity index (χ4n) is 3.80. The van der Waals surface area contributed by atoms with E-state index in [4.69, 9.17) is 0 Å². The lowest BCUT2D eigenvalue weighted by Crippen LogP contribution is -2.46. The quantitative estimate of drug-likeness (QED) is 0.505. The number of piperazine rings is 1. The first-order valence-corrected chi connectivity index (χ1v) is 10.9. The number of fused-ring (bicyclic) bond motifs is 1. The van der Waals surface area contributed by atoms with E-state index in [1.165, 1.54) is 34.1 Å². The molecule has 0 bridgehead atoms. The van der Waals surface area contributed by atoms with Crippen LogP contribution in [0.25, 0.3) is 16.5 Å². The van der Waals surface area contributed by atoms with Gasteiger partial charge in [0.15, 0.2) is 5.82 Å². The smallest absolute Gasteiger partial charge is 0.369 e. The van der Waals surface area contributed by atoms with Crippen molar-refractivity contribution in [2.24, 2.45) is 0 Å². The second kappa shape index (κ2) is 8.06. The molecule has 1 aliphatic rings. The molecule has 1 fully saturated rings. The minimum Gasteiger partial charge on any atom is -0.369 e. The normalized spacial score (nSPS) is 15.5. The standard InChI is InChI=1S/C21H19F3N6OS/c22-21(23,24)14-3-1-4-16(11-14)29-8-6-28(7-9-29)13-15-12-18(31)30-20(25-15)26-19(27-30)17-5-2-10-32-17/h1-5,10-12H,6-9,13H2,(H,25,26,27). The van der Waals surface area contributed by atoms with E-state index in [9.17, 15) is 18.0 Å². The SMILES string of the molecule is O=c1cc(CN2CCN(c3cccc(C(F)(F)F)c3)CC2)nc2nc(-c3cccs3)[nH]n12. The van der Waals surface area contributed by atoms with Gasteiger partial charge in [-0.15, -0.1) is 11.3 Å². The highest BCUT2D eigenvalue weighted by molar-refractivity contribution is 7.13. The van der Waals surface area contributed by atoms with Crippen LogP contribution in [-0.4, -0.2) is 50.7 Å². The van der Waals surface area contributed by atoms with Crippen LogP contribution in [-0.2, 0) is 12.7 Å². The lowest BCUT2D eigenvalue weighted by atomic mass is 10.1. The third kappa shape index (κ3) is 4.13. The van der Waals surface area contributed by atoms with Crippen LogP contribution in [0.5, 0.6) is 0 Å². The maximum Gasteiger partial charge on any atom is 0.416 e. The van der Waals surface area contributed by atoms with Crippen LogP contribution >= 0.6 is 11.3 Å². The molecule has 4 heterocycles. The summed E-state index contributed by atoms with van der Waals surface area (Å²) in [5.74, 6) is 0.912. The van der Waals surface area contributed by atoms with E-state index in [0.717, 1.165) is 10.9 Å². The van der Waals surface area contributed by atoms with Crippen LogP contribution in [0.15, 0.2) is 52.6 Å². The van der Waals surface area contributed by atoms with Crippen molar-refractivity contribution in [1.29, 1.82) is 0 Å². The highest BCUT2D eigenvalue weighted by Crippen LogP contribution is 2.32. The van der Waals surface area contributed by atoms with Gasteiger partial charge in [0.1, 0.15) is 0 Å². The zero-order valence-electron chi connectivity index (χ0n) is 16.8. The number of nitrogens with one attached hydrogen (secondary N) is 1. The number of nitrogens with zero attached hydrogens (tertiary/aromatic N) is 5. The summed E-state index contributed by atoms with van der Waals surface area (Å²) in [5, 5.41) is 4.91. The van der Waals surface area contributed by atoms with Crippen LogP contribution in [0.3, 0.4) is 0 Å². The van der Waals surface area contributed by atoms with E-state index in [1.807, 2.05) is 22.4 Å². The number of H-pyrrole nitrogens is 1. The largest absolute Gasteiger partial charge is 0.416 e. The molecule has 1 N–H and O–H groups in total. The fraction of sp³-hybridized carbons (Fsp3) is 0.286.